The second kappa shape index (κ2) is 11.8. The number of hydrogen-bond donors (Lipinski definition) is 3. The van der Waals surface area contributed by atoms with Gasteiger partial charge in [-0.25, -0.2) is 9.78 Å². The SMILES string of the molecule is COc1ccc(CNC(=O)c2nnc(OC(N)=O)cc2Nc2cccc(-c3ncn(C)n3)c2OC)c(OC)c1. The second-order valence-corrected chi connectivity index (χ2v) is 7.98. The number of ether oxygens (including phenoxy) is 4. The standard InChI is InChI=1S/C25H26N8O6/c1-33-13-28-23(32-33)16-6-5-7-17(22(16)38-4)29-18-11-20(39-25(26)35)30-31-21(18)24(34)27-12-14-8-9-15(36-2)10-19(14)37-3/h5-11,13H,12H2,1-4H3,(H2,26,35)(H,27,34)(H,29,30). The number of amides is 2. The average molecular weight is 535 g/mol. The van der Waals surface area contributed by atoms with Crippen molar-refractivity contribution in [1.29, 1.82) is 0 Å². The third-order valence-electron chi connectivity index (χ3n) is 5.45. The first-order chi connectivity index (χ1) is 18.8. The topological polar surface area (TPSA) is 178 Å². The molecule has 0 aliphatic carbocycles. The van der Waals surface area contributed by atoms with E-state index in [0.29, 0.717) is 39.9 Å². The predicted octanol–water partition coefficient (Wildman–Crippen LogP) is 2.43. The van der Waals surface area contributed by atoms with Gasteiger partial charge in [0.15, 0.2) is 17.3 Å². The van der Waals surface area contributed by atoms with Crippen LogP contribution in [0.15, 0.2) is 48.8 Å². The Hall–Kier alpha value is -5.40. The van der Waals surface area contributed by atoms with E-state index in [1.54, 1.807) is 61.6 Å². The number of carbonyl (C=O) groups excluding carboxylic acids is 2. The average Bonchev–Trinajstić information content (AvgIpc) is 3.37. The van der Waals surface area contributed by atoms with Crippen LogP contribution in [-0.4, -0.2) is 58.3 Å². The molecule has 4 N–H and O–H groups in total. The van der Waals surface area contributed by atoms with E-state index in [4.69, 9.17) is 24.7 Å². The van der Waals surface area contributed by atoms with Crippen molar-refractivity contribution in [3.63, 3.8) is 0 Å². The van der Waals surface area contributed by atoms with Gasteiger partial charge in [0.25, 0.3) is 5.91 Å². The molecule has 0 saturated heterocycles. The zero-order chi connectivity index (χ0) is 27.9. The summed E-state index contributed by atoms with van der Waals surface area (Å²) < 4.78 is 22.7. The van der Waals surface area contributed by atoms with E-state index in [-0.39, 0.29) is 23.8 Å². The number of aromatic nitrogens is 5. The molecule has 0 saturated carbocycles. The molecule has 0 atom stereocenters. The number of benzene rings is 2. The van der Waals surface area contributed by atoms with Crippen molar-refractivity contribution >= 4 is 23.4 Å². The number of anilines is 2. The van der Waals surface area contributed by atoms with E-state index in [0.717, 1.165) is 0 Å². The number of nitrogens with two attached hydrogens (primary N) is 1. The summed E-state index contributed by atoms with van der Waals surface area (Å²) in [5.74, 6) is 1.23. The van der Waals surface area contributed by atoms with Gasteiger partial charge in [-0.05, 0) is 24.3 Å². The van der Waals surface area contributed by atoms with Crippen LogP contribution in [0.2, 0.25) is 0 Å². The minimum absolute atomic E-state index is 0.0808. The summed E-state index contributed by atoms with van der Waals surface area (Å²) in [6.45, 7) is 0.122. The Morgan fingerprint density at radius 2 is 1.82 bits per heavy atom. The van der Waals surface area contributed by atoms with Gasteiger partial charge in [-0.15, -0.1) is 10.2 Å². The van der Waals surface area contributed by atoms with E-state index in [1.165, 1.54) is 20.3 Å². The highest BCUT2D eigenvalue weighted by Crippen LogP contribution is 2.37. The highest BCUT2D eigenvalue weighted by atomic mass is 16.6. The fraction of sp³-hybridized carbons (Fsp3) is 0.200. The van der Waals surface area contributed by atoms with Crippen molar-refractivity contribution in [3.05, 3.63) is 60.0 Å². The van der Waals surface area contributed by atoms with Crippen LogP contribution in [0, 0.1) is 0 Å². The maximum absolute atomic E-state index is 13.2. The van der Waals surface area contributed by atoms with E-state index < -0.39 is 12.0 Å². The molecular formula is C25H26N8O6. The molecule has 0 unspecified atom stereocenters. The van der Waals surface area contributed by atoms with E-state index >= 15 is 0 Å². The van der Waals surface area contributed by atoms with Gasteiger partial charge in [0.1, 0.15) is 17.8 Å². The molecule has 0 aliphatic rings. The first kappa shape index (κ1) is 26.7. The lowest BCUT2D eigenvalue weighted by Gasteiger charge is -2.16. The van der Waals surface area contributed by atoms with Crippen molar-refractivity contribution < 1.29 is 28.5 Å². The lowest BCUT2D eigenvalue weighted by Crippen LogP contribution is -2.26. The normalized spacial score (nSPS) is 10.5. The Kier molecular flexibility index (Phi) is 8.04. The van der Waals surface area contributed by atoms with Gasteiger partial charge in [0.2, 0.25) is 5.88 Å². The lowest BCUT2D eigenvalue weighted by atomic mass is 10.1. The molecule has 2 heterocycles. The number of aryl methyl sites for hydroxylation is 1. The fourth-order valence-corrected chi connectivity index (χ4v) is 3.69. The summed E-state index contributed by atoms with van der Waals surface area (Å²) in [7, 11) is 6.31. The van der Waals surface area contributed by atoms with Crippen LogP contribution in [-0.2, 0) is 13.6 Å². The number of primary amides is 1. The van der Waals surface area contributed by atoms with Crippen LogP contribution in [0.5, 0.6) is 23.1 Å². The summed E-state index contributed by atoms with van der Waals surface area (Å²) in [5.41, 5.74) is 7.00. The number of carbonyl (C=O) groups is 2. The third kappa shape index (κ3) is 6.12. The number of hydrogen-bond acceptors (Lipinski definition) is 11. The van der Waals surface area contributed by atoms with Crippen LogP contribution in [0.4, 0.5) is 16.2 Å². The summed E-state index contributed by atoms with van der Waals surface area (Å²) in [6.07, 6.45) is 0.481. The van der Waals surface area contributed by atoms with Crippen LogP contribution >= 0.6 is 0 Å². The Morgan fingerprint density at radius 3 is 2.49 bits per heavy atom. The molecule has 14 heteroatoms. The van der Waals surface area contributed by atoms with Gasteiger partial charge in [-0.2, -0.15) is 5.10 Å². The van der Waals surface area contributed by atoms with Crippen molar-refractivity contribution in [1.82, 2.24) is 30.3 Å². The molecule has 4 rings (SSSR count). The maximum Gasteiger partial charge on any atom is 0.411 e. The largest absolute Gasteiger partial charge is 0.497 e. The van der Waals surface area contributed by atoms with E-state index in [2.05, 4.69) is 30.9 Å². The van der Waals surface area contributed by atoms with Crippen molar-refractivity contribution in [2.75, 3.05) is 26.6 Å². The Balaban J connectivity index is 1.66. The molecule has 0 spiro atoms. The van der Waals surface area contributed by atoms with Gasteiger partial charge >= 0.3 is 6.09 Å². The fourth-order valence-electron chi connectivity index (χ4n) is 3.69. The van der Waals surface area contributed by atoms with Crippen LogP contribution < -0.4 is 35.3 Å². The zero-order valence-electron chi connectivity index (χ0n) is 21.6. The van der Waals surface area contributed by atoms with Crippen LogP contribution in [0.25, 0.3) is 11.4 Å². The molecule has 0 radical (unpaired) electrons. The van der Waals surface area contributed by atoms with Gasteiger partial charge in [0, 0.05) is 31.3 Å². The Morgan fingerprint density at radius 1 is 1.00 bits per heavy atom. The maximum atomic E-state index is 13.2. The number of nitrogens with one attached hydrogen (secondary N) is 2. The molecule has 2 aromatic heterocycles. The molecule has 0 fully saturated rings. The number of para-hydroxylation sites is 1. The van der Waals surface area contributed by atoms with E-state index in [1.807, 2.05) is 0 Å². The molecule has 39 heavy (non-hydrogen) atoms. The summed E-state index contributed by atoms with van der Waals surface area (Å²) in [4.78, 5) is 28.8. The molecule has 202 valence electrons. The van der Waals surface area contributed by atoms with Gasteiger partial charge < -0.3 is 35.3 Å². The Labute approximate surface area is 223 Å². The molecule has 0 aliphatic heterocycles. The number of methoxy groups -OCH3 is 3. The molecule has 4 aromatic rings. The van der Waals surface area contributed by atoms with Crippen molar-refractivity contribution in [3.8, 4) is 34.5 Å². The minimum Gasteiger partial charge on any atom is -0.497 e. The first-order valence-electron chi connectivity index (χ1n) is 11.5. The van der Waals surface area contributed by atoms with Gasteiger partial charge in [-0.1, -0.05) is 6.07 Å². The molecule has 2 amide bonds. The minimum atomic E-state index is -1.08. The van der Waals surface area contributed by atoms with E-state index in [9.17, 15) is 9.59 Å². The molecule has 14 nitrogen and oxygen atoms in total. The second-order valence-electron chi connectivity index (χ2n) is 7.98. The lowest BCUT2D eigenvalue weighted by molar-refractivity contribution is 0.0945. The summed E-state index contributed by atoms with van der Waals surface area (Å²) >= 11 is 0. The quantitative estimate of drug-likeness (QED) is 0.272. The van der Waals surface area contributed by atoms with Crippen LogP contribution in [0.3, 0.4) is 0 Å². The zero-order valence-corrected chi connectivity index (χ0v) is 21.6. The number of rotatable bonds is 10. The Bertz CT molecular complexity index is 1510. The van der Waals surface area contributed by atoms with Gasteiger partial charge in [-0.3, -0.25) is 9.48 Å². The van der Waals surface area contributed by atoms with Crippen molar-refractivity contribution in [2.45, 2.75) is 6.54 Å². The third-order valence-corrected chi connectivity index (χ3v) is 5.45. The molecule has 0 bridgehead atoms. The highest BCUT2D eigenvalue weighted by molar-refractivity contribution is 5.98. The monoisotopic (exact) mass is 534 g/mol. The predicted molar refractivity (Wildman–Crippen MR) is 139 cm³/mol. The first-order valence-corrected chi connectivity index (χ1v) is 11.5. The summed E-state index contributed by atoms with van der Waals surface area (Å²) in [6, 6.07) is 11.8. The molecular weight excluding hydrogens is 508 g/mol. The highest BCUT2D eigenvalue weighted by Gasteiger charge is 2.21. The molecule has 2 aromatic carbocycles. The smallest absolute Gasteiger partial charge is 0.411 e. The van der Waals surface area contributed by atoms with Crippen molar-refractivity contribution in [2.24, 2.45) is 12.8 Å². The van der Waals surface area contributed by atoms with Gasteiger partial charge in [0.05, 0.1) is 38.3 Å². The summed E-state index contributed by atoms with van der Waals surface area (Å²) in [5, 5.41) is 18.0. The number of nitrogens with zero attached hydrogens (tertiary/aromatic N) is 5. The van der Waals surface area contributed by atoms with Crippen LogP contribution in [0.1, 0.15) is 16.1 Å².